The van der Waals surface area contributed by atoms with E-state index in [0.29, 0.717) is 25.7 Å². The van der Waals surface area contributed by atoms with Crippen LogP contribution in [0.2, 0.25) is 0 Å². The van der Waals surface area contributed by atoms with Crippen LogP contribution in [0.1, 0.15) is 51.9 Å². The van der Waals surface area contributed by atoms with Crippen LogP contribution < -0.4 is 11.1 Å². The van der Waals surface area contributed by atoms with Crippen LogP contribution >= 0.6 is 0 Å². The van der Waals surface area contributed by atoms with Crippen LogP contribution in [0.3, 0.4) is 0 Å². The highest BCUT2D eigenvalue weighted by Crippen LogP contribution is 2.14. The molecule has 0 saturated carbocycles. The van der Waals surface area contributed by atoms with Gasteiger partial charge in [-0.05, 0) is 25.7 Å². The first-order valence-electron chi connectivity index (χ1n) is 6.88. The van der Waals surface area contributed by atoms with Crippen LogP contribution in [0, 0.1) is 0 Å². The second-order valence-corrected chi connectivity index (χ2v) is 4.73. The van der Waals surface area contributed by atoms with Crippen LogP contribution in [0.4, 0.5) is 13.2 Å². The number of alkyl halides is 3. The Morgan fingerprint density at radius 1 is 1.15 bits per heavy atom. The van der Waals surface area contributed by atoms with Crippen LogP contribution in [0.5, 0.6) is 0 Å². The van der Waals surface area contributed by atoms with E-state index in [0.717, 1.165) is 19.3 Å². The Balaban J connectivity index is 3.64. The highest BCUT2D eigenvalue weighted by molar-refractivity contribution is 5.83. The van der Waals surface area contributed by atoms with Crippen molar-refractivity contribution in [2.75, 3.05) is 6.54 Å². The van der Waals surface area contributed by atoms with Gasteiger partial charge >= 0.3 is 12.1 Å². The van der Waals surface area contributed by atoms with Crippen molar-refractivity contribution in [2.45, 2.75) is 64.1 Å². The van der Waals surface area contributed by atoms with E-state index in [4.69, 9.17) is 5.73 Å². The highest BCUT2D eigenvalue weighted by atomic mass is 19.4. The van der Waals surface area contributed by atoms with Crippen molar-refractivity contribution < 1.29 is 22.8 Å². The minimum absolute atomic E-state index is 0.0882. The molecule has 2 N–H and O–H groups in total. The number of hydrogen-bond acceptors (Lipinski definition) is 2. The summed E-state index contributed by atoms with van der Waals surface area (Å²) in [6.45, 7) is 1.94. The first-order valence-corrected chi connectivity index (χ1v) is 6.88. The highest BCUT2D eigenvalue weighted by Gasteiger charge is 2.38. The number of carbonyl (C=O) groups excluding carboxylic acids is 2. The number of carbonyl (C=O) groups is 2. The van der Waals surface area contributed by atoms with Crippen molar-refractivity contribution in [3.8, 4) is 0 Å². The van der Waals surface area contributed by atoms with Gasteiger partial charge in [0.1, 0.15) is 0 Å². The molecular formula is C13H22F3N2O2. The standard InChI is InChI=1S/C13H22F3N2O2/c1-2-3-4-8-11(19)10(17)7-5-6-9-18-12(20)13(14,15)16/h10,17H,2-9H2,1H3,(H,18,20). The summed E-state index contributed by atoms with van der Waals surface area (Å²) in [6.07, 6.45) is -0.596. The molecule has 0 rings (SSSR count). The van der Waals surface area contributed by atoms with Crippen molar-refractivity contribution in [3.63, 3.8) is 0 Å². The molecule has 1 unspecified atom stereocenters. The summed E-state index contributed by atoms with van der Waals surface area (Å²) in [5.74, 6) is -2.06. The van der Waals surface area contributed by atoms with Gasteiger partial charge in [-0.25, -0.2) is 5.73 Å². The fourth-order valence-electron chi connectivity index (χ4n) is 1.66. The molecular weight excluding hydrogens is 273 g/mol. The number of amides is 1. The summed E-state index contributed by atoms with van der Waals surface area (Å²) in [5.41, 5.74) is 7.62. The molecule has 117 valence electrons. The van der Waals surface area contributed by atoms with Crippen molar-refractivity contribution in [3.05, 3.63) is 0 Å². The summed E-state index contributed by atoms with van der Waals surface area (Å²) < 4.78 is 35.6. The van der Waals surface area contributed by atoms with Gasteiger partial charge in [0.15, 0.2) is 5.78 Å². The third kappa shape index (κ3) is 8.90. The maximum Gasteiger partial charge on any atom is 0.471 e. The molecule has 0 fully saturated rings. The van der Waals surface area contributed by atoms with E-state index in [1.165, 1.54) is 0 Å². The number of unbranched alkanes of at least 4 members (excludes halogenated alkanes) is 3. The van der Waals surface area contributed by atoms with E-state index in [2.05, 4.69) is 0 Å². The largest absolute Gasteiger partial charge is 0.471 e. The molecule has 0 spiro atoms. The van der Waals surface area contributed by atoms with Crippen LogP contribution in [0.25, 0.3) is 0 Å². The third-order valence-electron chi connectivity index (χ3n) is 2.88. The topological polar surface area (TPSA) is 70.0 Å². The molecule has 7 heteroatoms. The van der Waals surface area contributed by atoms with Crippen LogP contribution in [0.15, 0.2) is 0 Å². The second kappa shape index (κ2) is 9.74. The molecule has 0 bridgehead atoms. The van der Waals surface area contributed by atoms with Crippen LogP contribution in [-0.4, -0.2) is 30.5 Å². The van der Waals surface area contributed by atoms with Crippen molar-refractivity contribution in [1.82, 2.24) is 11.1 Å². The van der Waals surface area contributed by atoms with Gasteiger partial charge in [0.2, 0.25) is 0 Å². The van der Waals surface area contributed by atoms with Gasteiger partial charge in [-0.2, -0.15) is 13.2 Å². The van der Waals surface area contributed by atoms with Gasteiger partial charge < -0.3 is 5.32 Å². The van der Waals surface area contributed by atoms with Crippen molar-refractivity contribution in [2.24, 2.45) is 0 Å². The zero-order valence-corrected chi connectivity index (χ0v) is 11.7. The zero-order valence-electron chi connectivity index (χ0n) is 11.7. The number of Topliss-reactive ketones (excluding diaryl/α,β-unsaturated/α-hetero) is 1. The van der Waals surface area contributed by atoms with Gasteiger partial charge in [0.05, 0.1) is 6.04 Å². The van der Waals surface area contributed by atoms with E-state index in [1.807, 2.05) is 6.92 Å². The average Bonchev–Trinajstić information content (AvgIpc) is 2.36. The first-order chi connectivity index (χ1) is 9.29. The Bertz CT molecular complexity index is 306. The lowest BCUT2D eigenvalue weighted by Crippen LogP contribution is -2.37. The third-order valence-corrected chi connectivity index (χ3v) is 2.88. The number of ketones is 1. The summed E-state index contributed by atoms with van der Waals surface area (Å²) in [6, 6.07) is -0.801. The molecule has 4 nitrogen and oxygen atoms in total. The molecule has 1 amide bonds. The molecule has 0 aliphatic heterocycles. The molecule has 0 aromatic heterocycles. The number of hydrogen-bond donors (Lipinski definition) is 1. The van der Waals surface area contributed by atoms with E-state index >= 15 is 0 Å². The quantitative estimate of drug-likeness (QED) is 0.629. The Morgan fingerprint density at radius 2 is 1.80 bits per heavy atom. The van der Waals surface area contributed by atoms with Crippen molar-refractivity contribution in [1.29, 1.82) is 0 Å². The predicted octanol–water partition coefficient (Wildman–Crippen LogP) is 2.64. The van der Waals surface area contributed by atoms with E-state index in [1.54, 1.807) is 5.32 Å². The minimum Gasteiger partial charge on any atom is -0.348 e. The summed E-state index contributed by atoms with van der Waals surface area (Å²) >= 11 is 0. The lowest BCUT2D eigenvalue weighted by atomic mass is 10.0. The van der Waals surface area contributed by atoms with E-state index < -0.39 is 18.1 Å². The van der Waals surface area contributed by atoms with E-state index in [-0.39, 0.29) is 12.3 Å². The van der Waals surface area contributed by atoms with Crippen LogP contribution in [-0.2, 0) is 9.59 Å². The molecule has 0 heterocycles. The fraction of sp³-hybridized carbons (Fsp3) is 0.846. The number of halogens is 3. The average molecular weight is 295 g/mol. The van der Waals surface area contributed by atoms with Gasteiger partial charge in [0.25, 0.3) is 0 Å². The molecule has 0 aliphatic rings. The van der Waals surface area contributed by atoms with Crippen molar-refractivity contribution >= 4 is 11.7 Å². The summed E-state index contributed by atoms with van der Waals surface area (Å²) in [7, 11) is 0. The molecule has 0 aromatic carbocycles. The Morgan fingerprint density at radius 3 is 2.35 bits per heavy atom. The number of rotatable bonds is 10. The van der Waals surface area contributed by atoms with E-state index in [9.17, 15) is 22.8 Å². The Hall–Kier alpha value is -1.11. The normalized spacial score (nSPS) is 13.1. The summed E-state index contributed by atoms with van der Waals surface area (Å²) in [4.78, 5) is 22.0. The smallest absolute Gasteiger partial charge is 0.348 e. The lowest BCUT2D eigenvalue weighted by Gasteiger charge is -2.10. The molecule has 0 saturated heterocycles. The SMILES string of the molecule is CCCCCC(=O)C([NH])CCCCNC(=O)C(F)(F)F. The molecule has 1 atom stereocenters. The zero-order chi connectivity index (χ0) is 15.6. The lowest BCUT2D eigenvalue weighted by molar-refractivity contribution is -0.173. The maximum atomic E-state index is 11.9. The Labute approximate surface area is 117 Å². The molecule has 0 aromatic rings. The van der Waals surface area contributed by atoms with Gasteiger partial charge in [-0.3, -0.25) is 9.59 Å². The Kier molecular flexibility index (Phi) is 9.20. The molecule has 1 radical (unpaired) electrons. The number of nitrogens with one attached hydrogen (secondary N) is 2. The van der Waals surface area contributed by atoms with Gasteiger partial charge in [-0.1, -0.05) is 19.8 Å². The van der Waals surface area contributed by atoms with Gasteiger partial charge in [0, 0.05) is 13.0 Å². The summed E-state index contributed by atoms with van der Waals surface area (Å²) in [5, 5.41) is 1.76. The second-order valence-electron chi connectivity index (χ2n) is 4.73. The van der Waals surface area contributed by atoms with Gasteiger partial charge in [-0.15, -0.1) is 0 Å². The monoisotopic (exact) mass is 295 g/mol. The predicted molar refractivity (Wildman–Crippen MR) is 68.9 cm³/mol. The minimum atomic E-state index is -4.85. The maximum absolute atomic E-state index is 11.9. The fourth-order valence-corrected chi connectivity index (χ4v) is 1.66. The molecule has 0 aliphatic carbocycles. The molecule has 20 heavy (non-hydrogen) atoms. The first kappa shape index (κ1) is 18.9.